The molecule has 0 fully saturated rings. The quantitative estimate of drug-likeness (QED) is 0.0614. The summed E-state index contributed by atoms with van der Waals surface area (Å²) < 4.78 is 11.8. The molecule has 2 unspecified atom stereocenters. The van der Waals surface area contributed by atoms with Crippen LogP contribution in [0.5, 0.6) is 0 Å². The molecule has 0 aromatic heterocycles. The Labute approximate surface area is 237 Å². The van der Waals surface area contributed by atoms with Gasteiger partial charge in [0.15, 0.2) is 10.1 Å². The van der Waals surface area contributed by atoms with Crippen molar-refractivity contribution in [3.05, 3.63) is 0 Å². The van der Waals surface area contributed by atoms with Crippen LogP contribution in [0.1, 0.15) is 176 Å². The van der Waals surface area contributed by atoms with Gasteiger partial charge in [-0.3, -0.25) is 0 Å². The van der Waals surface area contributed by atoms with Crippen LogP contribution < -0.4 is 0 Å². The molecule has 0 bridgehead atoms. The van der Waals surface area contributed by atoms with Crippen LogP contribution >= 0.6 is 24.4 Å². The number of ether oxygens (including phenoxy) is 2. The predicted molar refractivity (Wildman–Crippen MR) is 168 cm³/mol. The lowest BCUT2D eigenvalue weighted by atomic mass is 10.0. The summed E-state index contributed by atoms with van der Waals surface area (Å²) in [6.45, 7) is 10.8. The summed E-state index contributed by atoms with van der Waals surface area (Å²) in [6, 6.07) is 0. The smallest absolute Gasteiger partial charge is 0.239 e. The molecule has 0 aliphatic heterocycles. The molecule has 0 aliphatic carbocycles. The van der Waals surface area contributed by atoms with E-state index in [0.717, 1.165) is 12.8 Å². The maximum atomic E-state index is 5.90. The first-order valence-corrected chi connectivity index (χ1v) is 16.6. The molecule has 0 saturated heterocycles. The second kappa shape index (κ2) is 26.4. The molecular formula is C32H62O2S2. The molecule has 0 amide bonds. The summed E-state index contributed by atoms with van der Waals surface area (Å²) in [5, 5.41) is 1.34. The van der Waals surface area contributed by atoms with Crippen molar-refractivity contribution >= 4 is 34.5 Å². The van der Waals surface area contributed by atoms with E-state index in [9.17, 15) is 0 Å². The summed E-state index contributed by atoms with van der Waals surface area (Å²) >= 11 is 11.1. The Balaban J connectivity index is 3.74. The third kappa shape index (κ3) is 22.9. The van der Waals surface area contributed by atoms with E-state index in [4.69, 9.17) is 33.9 Å². The van der Waals surface area contributed by atoms with Gasteiger partial charge in [-0.15, -0.1) is 0 Å². The highest BCUT2D eigenvalue weighted by Gasteiger charge is 2.17. The van der Waals surface area contributed by atoms with Crippen molar-refractivity contribution in [3.8, 4) is 0 Å². The molecule has 0 aromatic rings. The summed E-state index contributed by atoms with van der Waals surface area (Å²) in [5.74, 6) is 0.579. The Morgan fingerprint density at radius 3 is 0.972 bits per heavy atom. The lowest BCUT2D eigenvalue weighted by Crippen LogP contribution is -2.25. The number of hydrogen-bond acceptors (Lipinski definition) is 4. The second-order valence-electron chi connectivity index (χ2n) is 11.2. The number of unbranched alkanes of at least 4 members (excludes halogenated alkanes) is 18. The lowest BCUT2D eigenvalue weighted by Gasteiger charge is -2.22. The zero-order valence-corrected chi connectivity index (χ0v) is 26.6. The van der Waals surface area contributed by atoms with Gasteiger partial charge in [0.1, 0.15) is 0 Å². The molecule has 2 atom stereocenters. The summed E-state index contributed by atoms with van der Waals surface area (Å²) in [6.07, 6.45) is 29.0. The lowest BCUT2D eigenvalue weighted by molar-refractivity contribution is -0.00278. The minimum Gasteiger partial charge on any atom is -0.448 e. The minimum absolute atomic E-state index is 0.290. The first kappa shape index (κ1) is 35.8. The van der Waals surface area contributed by atoms with E-state index in [1.807, 2.05) is 6.92 Å². The van der Waals surface area contributed by atoms with Crippen LogP contribution in [0, 0.1) is 11.8 Å². The van der Waals surface area contributed by atoms with E-state index in [1.54, 1.807) is 0 Å². The fraction of sp³-hybridized carbons (Fsp3) is 0.938. The van der Waals surface area contributed by atoms with E-state index in [1.165, 1.54) is 128 Å². The molecule has 0 aromatic carbocycles. The maximum absolute atomic E-state index is 5.90. The van der Waals surface area contributed by atoms with E-state index in [-0.39, 0.29) is 11.8 Å². The van der Waals surface area contributed by atoms with Gasteiger partial charge in [0.05, 0.1) is 0 Å². The van der Waals surface area contributed by atoms with E-state index < -0.39 is 6.29 Å². The van der Waals surface area contributed by atoms with Gasteiger partial charge in [-0.2, -0.15) is 0 Å². The first-order chi connectivity index (χ1) is 17.4. The molecule has 214 valence electrons. The van der Waals surface area contributed by atoms with Crippen LogP contribution in [-0.4, -0.2) is 16.4 Å². The summed E-state index contributed by atoms with van der Waals surface area (Å²) in [4.78, 5) is 0. The normalized spacial score (nSPS) is 13.8. The van der Waals surface area contributed by atoms with Gasteiger partial charge in [-0.1, -0.05) is 156 Å². The summed E-state index contributed by atoms with van der Waals surface area (Å²) in [7, 11) is 0. The number of thiocarbonyl (C=S) groups is 2. The SMILES string of the molecule is CCCCCCCCCCCCC(C)C(=S)OC(C)OC(=S)C(C)CCCCCCCCCCCC. The van der Waals surface area contributed by atoms with Gasteiger partial charge in [0.2, 0.25) is 6.29 Å². The highest BCUT2D eigenvalue weighted by molar-refractivity contribution is 7.80. The fourth-order valence-electron chi connectivity index (χ4n) is 4.70. The fourth-order valence-corrected chi connectivity index (χ4v) is 5.20. The van der Waals surface area contributed by atoms with Gasteiger partial charge >= 0.3 is 0 Å². The van der Waals surface area contributed by atoms with Crippen molar-refractivity contribution in [2.75, 3.05) is 0 Å². The van der Waals surface area contributed by atoms with Crippen molar-refractivity contribution in [2.45, 2.75) is 182 Å². The largest absolute Gasteiger partial charge is 0.448 e. The Morgan fingerprint density at radius 2 is 0.694 bits per heavy atom. The van der Waals surface area contributed by atoms with Crippen LogP contribution in [0.2, 0.25) is 0 Å². The average Bonchev–Trinajstić information content (AvgIpc) is 2.85. The van der Waals surface area contributed by atoms with Crippen molar-refractivity contribution < 1.29 is 9.47 Å². The maximum Gasteiger partial charge on any atom is 0.239 e. The van der Waals surface area contributed by atoms with E-state index in [0.29, 0.717) is 10.1 Å². The molecule has 0 radical (unpaired) electrons. The highest BCUT2D eigenvalue weighted by atomic mass is 32.1. The molecule has 0 N–H and O–H groups in total. The van der Waals surface area contributed by atoms with Crippen LogP contribution in [0.4, 0.5) is 0 Å². The van der Waals surface area contributed by atoms with Crippen molar-refractivity contribution in [2.24, 2.45) is 11.8 Å². The number of hydrogen-bond donors (Lipinski definition) is 0. The van der Waals surface area contributed by atoms with Gasteiger partial charge in [-0.05, 0) is 37.3 Å². The van der Waals surface area contributed by atoms with E-state index >= 15 is 0 Å². The second-order valence-corrected chi connectivity index (χ2v) is 12.0. The Bertz CT molecular complexity index is 464. The van der Waals surface area contributed by atoms with Crippen molar-refractivity contribution in [1.29, 1.82) is 0 Å². The van der Waals surface area contributed by atoms with Crippen LogP contribution in [0.15, 0.2) is 0 Å². The Kier molecular flexibility index (Phi) is 26.2. The molecule has 0 aliphatic rings. The predicted octanol–water partition coefficient (Wildman–Crippen LogP) is 11.9. The van der Waals surface area contributed by atoms with Gasteiger partial charge in [-0.25, -0.2) is 0 Å². The molecule has 0 heterocycles. The van der Waals surface area contributed by atoms with Crippen molar-refractivity contribution in [3.63, 3.8) is 0 Å². The molecule has 36 heavy (non-hydrogen) atoms. The van der Waals surface area contributed by atoms with Gasteiger partial charge in [0, 0.05) is 18.8 Å². The van der Waals surface area contributed by atoms with Gasteiger partial charge in [0.25, 0.3) is 0 Å². The third-order valence-electron chi connectivity index (χ3n) is 7.35. The van der Waals surface area contributed by atoms with E-state index in [2.05, 4.69) is 27.7 Å². The number of rotatable bonds is 26. The zero-order chi connectivity index (χ0) is 26.9. The van der Waals surface area contributed by atoms with Crippen LogP contribution in [0.25, 0.3) is 0 Å². The van der Waals surface area contributed by atoms with Crippen LogP contribution in [-0.2, 0) is 9.47 Å². The highest BCUT2D eigenvalue weighted by Crippen LogP contribution is 2.19. The van der Waals surface area contributed by atoms with Crippen LogP contribution in [0.3, 0.4) is 0 Å². The third-order valence-corrected chi connectivity index (χ3v) is 8.35. The first-order valence-electron chi connectivity index (χ1n) is 15.8. The van der Waals surface area contributed by atoms with Crippen molar-refractivity contribution in [1.82, 2.24) is 0 Å². The molecule has 2 nitrogen and oxygen atoms in total. The average molecular weight is 543 g/mol. The monoisotopic (exact) mass is 542 g/mol. The molecular weight excluding hydrogens is 480 g/mol. The minimum atomic E-state index is -0.393. The molecule has 0 spiro atoms. The zero-order valence-electron chi connectivity index (χ0n) is 24.9. The Morgan fingerprint density at radius 1 is 0.444 bits per heavy atom. The standard InChI is InChI=1S/C32H62O2S2/c1-6-8-10-12-14-16-18-20-22-24-26-28(3)31(35)33-30(5)34-32(36)29(4)27-25-23-21-19-17-15-13-11-9-7-2/h28-30H,6-27H2,1-5H3. The van der Waals surface area contributed by atoms with Gasteiger partial charge < -0.3 is 9.47 Å². The molecule has 0 saturated carbocycles. The molecule has 4 heteroatoms. The molecule has 0 rings (SSSR count). The summed E-state index contributed by atoms with van der Waals surface area (Å²) in [5.41, 5.74) is 0. The Hall–Kier alpha value is -0.220. The topological polar surface area (TPSA) is 18.5 Å².